The molecule has 0 radical (unpaired) electrons. The van der Waals surface area contributed by atoms with E-state index in [9.17, 15) is 0 Å². The summed E-state index contributed by atoms with van der Waals surface area (Å²) in [6.07, 6.45) is 5.95. The minimum Gasteiger partial charge on any atom is -0.378 e. The standard InChI is InChI=1S/C13H18N2/c1-4-5-10-14-11-12-6-8-13(9-7-12)15(2)3/h1,6-9,14H,5,10-11H2,2-3H3. The topological polar surface area (TPSA) is 15.3 Å². The highest BCUT2D eigenvalue weighted by Crippen LogP contribution is 2.11. The SMILES string of the molecule is C#CCCNCc1ccc(N(C)C)cc1. The molecule has 2 heteroatoms. The molecule has 0 saturated carbocycles. The molecule has 2 nitrogen and oxygen atoms in total. The van der Waals surface area contributed by atoms with Crippen LogP contribution in [0.1, 0.15) is 12.0 Å². The molecule has 0 bridgehead atoms. The van der Waals surface area contributed by atoms with Gasteiger partial charge in [-0.2, -0.15) is 0 Å². The van der Waals surface area contributed by atoms with Crippen LogP contribution in [0.15, 0.2) is 24.3 Å². The molecule has 0 fully saturated rings. The molecule has 80 valence electrons. The Balaban J connectivity index is 2.40. The molecule has 1 aromatic rings. The Morgan fingerprint density at radius 2 is 1.93 bits per heavy atom. The Kier molecular flexibility index (Phi) is 4.73. The van der Waals surface area contributed by atoms with Crippen molar-refractivity contribution in [3.63, 3.8) is 0 Å². The van der Waals surface area contributed by atoms with Crippen molar-refractivity contribution in [2.45, 2.75) is 13.0 Å². The Morgan fingerprint density at radius 3 is 2.47 bits per heavy atom. The average molecular weight is 202 g/mol. The summed E-state index contributed by atoms with van der Waals surface area (Å²) in [7, 11) is 4.08. The van der Waals surface area contributed by atoms with Gasteiger partial charge in [0.05, 0.1) is 0 Å². The lowest BCUT2D eigenvalue weighted by Gasteiger charge is -2.12. The fourth-order valence-corrected chi connectivity index (χ4v) is 1.31. The maximum atomic E-state index is 5.17. The van der Waals surface area contributed by atoms with Crippen molar-refractivity contribution in [2.24, 2.45) is 0 Å². The minimum absolute atomic E-state index is 0.787. The third-order valence-electron chi connectivity index (χ3n) is 2.23. The van der Waals surface area contributed by atoms with Crippen molar-refractivity contribution in [3.05, 3.63) is 29.8 Å². The molecule has 0 amide bonds. The molecule has 0 aliphatic heterocycles. The molecule has 0 aliphatic rings. The van der Waals surface area contributed by atoms with Gasteiger partial charge in [-0.3, -0.25) is 0 Å². The van der Waals surface area contributed by atoms with Gasteiger partial charge in [0.15, 0.2) is 0 Å². The van der Waals surface area contributed by atoms with E-state index in [1.54, 1.807) is 0 Å². The third-order valence-corrected chi connectivity index (χ3v) is 2.23. The van der Waals surface area contributed by atoms with E-state index in [1.165, 1.54) is 11.3 Å². The molecule has 0 aliphatic carbocycles. The van der Waals surface area contributed by atoms with Crippen molar-refractivity contribution >= 4 is 5.69 Å². The lowest BCUT2D eigenvalue weighted by Crippen LogP contribution is -2.14. The number of anilines is 1. The molecule has 1 aromatic carbocycles. The van der Waals surface area contributed by atoms with Gasteiger partial charge in [-0.05, 0) is 17.7 Å². The summed E-state index contributed by atoms with van der Waals surface area (Å²) in [5.74, 6) is 2.61. The van der Waals surface area contributed by atoms with Crippen molar-refractivity contribution in [1.82, 2.24) is 5.32 Å². The first-order chi connectivity index (χ1) is 7.24. The summed E-state index contributed by atoms with van der Waals surface area (Å²) < 4.78 is 0. The van der Waals surface area contributed by atoms with Crippen LogP contribution < -0.4 is 10.2 Å². The van der Waals surface area contributed by atoms with E-state index in [2.05, 4.69) is 40.4 Å². The molecular formula is C13H18N2. The second-order valence-electron chi connectivity index (χ2n) is 3.69. The number of nitrogens with one attached hydrogen (secondary N) is 1. The summed E-state index contributed by atoms with van der Waals surface area (Å²) in [6, 6.07) is 8.52. The van der Waals surface area contributed by atoms with Gasteiger partial charge in [0, 0.05) is 39.3 Å². The largest absolute Gasteiger partial charge is 0.378 e. The van der Waals surface area contributed by atoms with Gasteiger partial charge in [0.1, 0.15) is 0 Å². The molecule has 1 N–H and O–H groups in total. The zero-order valence-corrected chi connectivity index (χ0v) is 9.46. The fraction of sp³-hybridized carbons (Fsp3) is 0.385. The molecule has 0 saturated heterocycles. The van der Waals surface area contributed by atoms with E-state index in [1.807, 2.05) is 14.1 Å². The maximum absolute atomic E-state index is 5.17. The molecule has 0 aromatic heterocycles. The van der Waals surface area contributed by atoms with Gasteiger partial charge in [0.25, 0.3) is 0 Å². The quantitative estimate of drug-likeness (QED) is 0.579. The number of rotatable bonds is 5. The van der Waals surface area contributed by atoms with Crippen molar-refractivity contribution in [2.75, 3.05) is 25.5 Å². The van der Waals surface area contributed by atoms with Crippen molar-refractivity contribution in [3.8, 4) is 12.3 Å². The Labute approximate surface area is 92.3 Å². The lowest BCUT2D eigenvalue weighted by molar-refractivity contribution is 0.701. The van der Waals surface area contributed by atoms with E-state index in [-0.39, 0.29) is 0 Å². The van der Waals surface area contributed by atoms with E-state index < -0.39 is 0 Å². The Morgan fingerprint density at radius 1 is 1.27 bits per heavy atom. The second kappa shape index (κ2) is 6.10. The predicted molar refractivity (Wildman–Crippen MR) is 65.9 cm³/mol. The van der Waals surface area contributed by atoms with E-state index in [0.717, 1.165) is 19.5 Å². The number of nitrogens with zero attached hydrogens (tertiary/aromatic N) is 1. The summed E-state index contributed by atoms with van der Waals surface area (Å²) in [5.41, 5.74) is 2.51. The van der Waals surface area contributed by atoms with Crippen LogP contribution in [0.2, 0.25) is 0 Å². The van der Waals surface area contributed by atoms with Crippen LogP contribution in [0.25, 0.3) is 0 Å². The van der Waals surface area contributed by atoms with Gasteiger partial charge in [-0.15, -0.1) is 12.3 Å². The first-order valence-corrected chi connectivity index (χ1v) is 5.14. The van der Waals surface area contributed by atoms with Crippen LogP contribution in [0.4, 0.5) is 5.69 Å². The second-order valence-corrected chi connectivity index (χ2v) is 3.69. The highest BCUT2D eigenvalue weighted by atomic mass is 15.1. The summed E-state index contributed by atoms with van der Waals surface area (Å²) >= 11 is 0. The molecular weight excluding hydrogens is 184 g/mol. The van der Waals surface area contributed by atoms with E-state index in [4.69, 9.17) is 6.42 Å². The number of hydrogen-bond acceptors (Lipinski definition) is 2. The Bertz CT molecular complexity index is 319. The van der Waals surface area contributed by atoms with E-state index in [0.29, 0.717) is 0 Å². The zero-order chi connectivity index (χ0) is 11.1. The Hall–Kier alpha value is -1.46. The molecule has 0 atom stereocenters. The number of hydrogen-bond donors (Lipinski definition) is 1. The fourth-order valence-electron chi connectivity index (χ4n) is 1.31. The van der Waals surface area contributed by atoms with Gasteiger partial charge in [-0.25, -0.2) is 0 Å². The predicted octanol–water partition coefficient (Wildman–Crippen LogP) is 1.87. The minimum atomic E-state index is 0.787. The third kappa shape index (κ3) is 4.05. The monoisotopic (exact) mass is 202 g/mol. The lowest BCUT2D eigenvalue weighted by atomic mass is 10.2. The van der Waals surface area contributed by atoms with Crippen LogP contribution in [0.5, 0.6) is 0 Å². The van der Waals surface area contributed by atoms with Crippen molar-refractivity contribution in [1.29, 1.82) is 0 Å². The van der Waals surface area contributed by atoms with Crippen LogP contribution in [-0.2, 0) is 6.54 Å². The van der Waals surface area contributed by atoms with Gasteiger partial charge in [-0.1, -0.05) is 12.1 Å². The number of benzene rings is 1. The number of terminal acetylenes is 1. The molecule has 0 unspecified atom stereocenters. The summed E-state index contributed by atoms with van der Waals surface area (Å²) in [5, 5.41) is 3.30. The average Bonchev–Trinajstić information content (AvgIpc) is 2.25. The summed E-state index contributed by atoms with van der Waals surface area (Å²) in [6.45, 7) is 1.77. The summed E-state index contributed by atoms with van der Waals surface area (Å²) in [4.78, 5) is 2.09. The highest BCUT2D eigenvalue weighted by molar-refractivity contribution is 5.45. The van der Waals surface area contributed by atoms with Gasteiger partial charge < -0.3 is 10.2 Å². The molecule has 1 rings (SSSR count). The van der Waals surface area contributed by atoms with Crippen LogP contribution in [0, 0.1) is 12.3 Å². The van der Waals surface area contributed by atoms with Gasteiger partial charge >= 0.3 is 0 Å². The molecule has 15 heavy (non-hydrogen) atoms. The van der Waals surface area contributed by atoms with Crippen LogP contribution >= 0.6 is 0 Å². The van der Waals surface area contributed by atoms with Crippen molar-refractivity contribution < 1.29 is 0 Å². The van der Waals surface area contributed by atoms with E-state index >= 15 is 0 Å². The highest BCUT2D eigenvalue weighted by Gasteiger charge is 1.95. The normalized spacial score (nSPS) is 9.67. The molecule has 0 spiro atoms. The van der Waals surface area contributed by atoms with Gasteiger partial charge in [0.2, 0.25) is 0 Å². The first-order valence-electron chi connectivity index (χ1n) is 5.14. The smallest absolute Gasteiger partial charge is 0.0361 e. The maximum Gasteiger partial charge on any atom is 0.0361 e. The molecule has 0 heterocycles. The van der Waals surface area contributed by atoms with Crippen LogP contribution in [0.3, 0.4) is 0 Å². The first kappa shape index (κ1) is 11.6. The zero-order valence-electron chi connectivity index (χ0n) is 9.46. The van der Waals surface area contributed by atoms with Crippen LogP contribution in [-0.4, -0.2) is 20.6 Å².